The average Bonchev–Trinajstić information content (AvgIpc) is 2.56. The molecule has 1 N–H and O–H groups in total. The summed E-state index contributed by atoms with van der Waals surface area (Å²) in [5, 5.41) is 9.24. The molecule has 0 spiro atoms. The van der Waals surface area contributed by atoms with Crippen molar-refractivity contribution < 1.29 is 14.6 Å². The van der Waals surface area contributed by atoms with E-state index < -0.39 is 5.97 Å². The first-order valence-corrected chi connectivity index (χ1v) is 6.53. The van der Waals surface area contributed by atoms with Crippen molar-refractivity contribution in [2.24, 2.45) is 5.41 Å². The molecule has 2 fully saturated rings. The minimum Gasteiger partial charge on any atom is -0.481 e. The zero-order valence-corrected chi connectivity index (χ0v) is 10.9. The highest BCUT2D eigenvalue weighted by atomic mass is 16.5. The van der Waals surface area contributed by atoms with Gasteiger partial charge < -0.3 is 9.84 Å². The molecular weight excluding hydrogens is 218 g/mol. The molecule has 0 aromatic rings. The maximum Gasteiger partial charge on any atom is 0.305 e. The van der Waals surface area contributed by atoms with Crippen LogP contribution in [0.25, 0.3) is 0 Å². The molecule has 1 saturated carbocycles. The van der Waals surface area contributed by atoms with E-state index in [0.29, 0.717) is 0 Å². The number of ether oxygens (including phenoxy) is 1. The van der Waals surface area contributed by atoms with Crippen LogP contribution in [0.3, 0.4) is 0 Å². The standard InChI is InChI=1S/C13H23NO3/c1-12(2)4-3-5-13(12,10-11(15)16)14-6-8-17-9-7-14/h3-10H2,1-2H3,(H,15,16). The molecule has 2 rings (SSSR count). The molecular formula is C13H23NO3. The first kappa shape index (κ1) is 12.8. The Morgan fingerprint density at radius 1 is 1.29 bits per heavy atom. The van der Waals surface area contributed by atoms with E-state index in [4.69, 9.17) is 4.74 Å². The van der Waals surface area contributed by atoms with Crippen LogP contribution in [0.15, 0.2) is 0 Å². The molecule has 98 valence electrons. The van der Waals surface area contributed by atoms with E-state index in [-0.39, 0.29) is 17.4 Å². The molecule has 4 heteroatoms. The maximum absolute atomic E-state index is 11.2. The first-order valence-electron chi connectivity index (χ1n) is 6.53. The van der Waals surface area contributed by atoms with Crippen molar-refractivity contribution in [3.05, 3.63) is 0 Å². The summed E-state index contributed by atoms with van der Waals surface area (Å²) in [5.41, 5.74) is -0.0780. The zero-order valence-electron chi connectivity index (χ0n) is 10.9. The van der Waals surface area contributed by atoms with Gasteiger partial charge >= 0.3 is 5.97 Å². The Hall–Kier alpha value is -0.610. The minimum absolute atomic E-state index is 0.0860. The van der Waals surface area contributed by atoms with Gasteiger partial charge in [0.2, 0.25) is 0 Å². The second-order valence-electron chi connectivity index (χ2n) is 5.94. The highest BCUT2D eigenvalue weighted by molar-refractivity contribution is 5.68. The zero-order chi connectivity index (χ0) is 12.5. The lowest BCUT2D eigenvalue weighted by molar-refractivity contribution is -0.145. The number of hydrogen-bond acceptors (Lipinski definition) is 3. The topological polar surface area (TPSA) is 49.8 Å². The van der Waals surface area contributed by atoms with Crippen molar-refractivity contribution in [2.75, 3.05) is 26.3 Å². The second kappa shape index (κ2) is 4.58. The Bertz CT molecular complexity index is 297. The average molecular weight is 241 g/mol. The molecule has 0 bridgehead atoms. The number of aliphatic carboxylic acids is 1. The van der Waals surface area contributed by atoms with Gasteiger partial charge in [0.1, 0.15) is 0 Å². The van der Waals surface area contributed by atoms with Crippen LogP contribution in [0.4, 0.5) is 0 Å². The third-order valence-electron chi connectivity index (χ3n) is 4.71. The van der Waals surface area contributed by atoms with Gasteiger partial charge in [-0.05, 0) is 18.3 Å². The number of carbonyl (C=O) groups is 1. The maximum atomic E-state index is 11.2. The third kappa shape index (κ3) is 2.20. The van der Waals surface area contributed by atoms with Crippen LogP contribution >= 0.6 is 0 Å². The van der Waals surface area contributed by atoms with Gasteiger partial charge in [-0.3, -0.25) is 9.69 Å². The second-order valence-corrected chi connectivity index (χ2v) is 5.94. The number of carboxylic acid groups (broad SMARTS) is 1. The molecule has 17 heavy (non-hydrogen) atoms. The lowest BCUT2D eigenvalue weighted by atomic mass is 9.71. The monoisotopic (exact) mass is 241 g/mol. The minimum atomic E-state index is -0.675. The van der Waals surface area contributed by atoms with E-state index in [9.17, 15) is 9.90 Å². The predicted octanol–water partition coefficient (Wildman–Crippen LogP) is 1.74. The van der Waals surface area contributed by atoms with Crippen molar-refractivity contribution in [3.63, 3.8) is 0 Å². The molecule has 1 saturated heterocycles. The van der Waals surface area contributed by atoms with E-state index in [1.807, 2.05) is 0 Å². The smallest absolute Gasteiger partial charge is 0.305 e. The van der Waals surface area contributed by atoms with Crippen LogP contribution in [0, 0.1) is 5.41 Å². The summed E-state index contributed by atoms with van der Waals surface area (Å²) >= 11 is 0. The van der Waals surface area contributed by atoms with E-state index >= 15 is 0 Å². The van der Waals surface area contributed by atoms with Crippen LogP contribution in [0.2, 0.25) is 0 Å². The van der Waals surface area contributed by atoms with Gasteiger partial charge in [-0.15, -0.1) is 0 Å². The molecule has 0 aromatic carbocycles. The fourth-order valence-electron chi connectivity index (χ4n) is 3.66. The van der Waals surface area contributed by atoms with Gasteiger partial charge in [-0.25, -0.2) is 0 Å². The summed E-state index contributed by atoms with van der Waals surface area (Å²) < 4.78 is 5.39. The van der Waals surface area contributed by atoms with Crippen LogP contribution in [0.1, 0.15) is 39.5 Å². The molecule has 0 aromatic heterocycles. The predicted molar refractivity (Wildman–Crippen MR) is 65.0 cm³/mol. The Morgan fingerprint density at radius 2 is 1.94 bits per heavy atom. The molecule has 1 aliphatic carbocycles. The first-order chi connectivity index (χ1) is 7.98. The van der Waals surface area contributed by atoms with E-state index in [1.165, 1.54) is 0 Å². The largest absolute Gasteiger partial charge is 0.481 e. The number of morpholine rings is 1. The fourth-order valence-corrected chi connectivity index (χ4v) is 3.66. The van der Waals surface area contributed by atoms with Crippen molar-refractivity contribution in [1.82, 2.24) is 4.90 Å². The Morgan fingerprint density at radius 3 is 2.41 bits per heavy atom. The van der Waals surface area contributed by atoms with Gasteiger partial charge in [0.05, 0.1) is 19.6 Å². The van der Waals surface area contributed by atoms with Crippen LogP contribution in [-0.2, 0) is 9.53 Å². The van der Waals surface area contributed by atoms with E-state index in [2.05, 4.69) is 18.7 Å². The van der Waals surface area contributed by atoms with Gasteiger partial charge in [-0.1, -0.05) is 20.3 Å². The quantitative estimate of drug-likeness (QED) is 0.817. The van der Waals surface area contributed by atoms with E-state index in [1.54, 1.807) is 0 Å². The summed E-state index contributed by atoms with van der Waals surface area (Å²) in [6.07, 6.45) is 3.53. The van der Waals surface area contributed by atoms with Gasteiger partial charge in [0.15, 0.2) is 0 Å². The summed E-state index contributed by atoms with van der Waals surface area (Å²) in [4.78, 5) is 13.6. The Labute approximate surface area is 103 Å². The molecule has 1 heterocycles. The Balaban J connectivity index is 2.25. The number of rotatable bonds is 3. The van der Waals surface area contributed by atoms with Crippen molar-refractivity contribution in [3.8, 4) is 0 Å². The van der Waals surface area contributed by atoms with Crippen LogP contribution in [0.5, 0.6) is 0 Å². The number of carboxylic acids is 1. The molecule has 1 atom stereocenters. The fraction of sp³-hybridized carbons (Fsp3) is 0.923. The molecule has 0 radical (unpaired) electrons. The lowest BCUT2D eigenvalue weighted by Gasteiger charge is -2.50. The highest BCUT2D eigenvalue weighted by Gasteiger charge is 2.53. The summed E-state index contributed by atoms with van der Waals surface area (Å²) in [5.74, 6) is -0.675. The van der Waals surface area contributed by atoms with Crippen molar-refractivity contribution >= 4 is 5.97 Å². The molecule has 2 aliphatic rings. The third-order valence-corrected chi connectivity index (χ3v) is 4.71. The number of nitrogens with zero attached hydrogens (tertiary/aromatic N) is 1. The normalized spacial score (nSPS) is 33.8. The lowest BCUT2D eigenvalue weighted by Crippen LogP contribution is -2.59. The molecule has 1 unspecified atom stereocenters. The molecule has 4 nitrogen and oxygen atoms in total. The summed E-state index contributed by atoms with van der Waals surface area (Å²) in [6.45, 7) is 7.65. The van der Waals surface area contributed by atoms with Gasteiger partial charge in [0, 0.05) is 18.6 Å². The number of hydrogen-bond donors (Lipinski definition) is 1. The SMILES string of the molecule is CC1(C)CCCC1(CC(=O)O)N1CCOCC1. The van der Waals surface area contributed by atoms with Crippen molar-refractivity contribution in [1.29, 1.82) is 0 Å². The van der Waals surface area contributed by atoms with Gasteiger partial charge in [0.25, 0.3) is 0 Å². The highest BCUT2D eigenvalue weighted by Crippen LogP contribution is 2.51. The molecule has 0 amide bonds. The summed E-state index contributed by atoms with van der Waals surface area (Å²) in [6, 6.07) is 0. The molecule has 1 aliphatic heterocycles. The van der Waals surface area contributed by atoms with Crippen LogP contribution < -0.4 is 0 Å². The Kier molecular flexibility index (Phi) is 3.46. The van der Waals surface area contributed by atoms with Crippen LogP contribution in [-0.4, -0.2) is 47.8 Å². The van der Waals surface area contributed by atoms with Crippen molar-refractivity contribution in [2.45, 2.75) is 45.1 Å². The summed E-state index contributed by atoms with van der Waals surface area (Å²) in [7, 11) is 0. The van der Waals surface area contributed by atoms with E-state index in [0.717, 1.165) is 45.6 Å². The van der Waals surface area contributed by atoms with Gasteiger partial charge in [-0.2, -0.15) is 0 Å².